The summed E-state index contributed by atoms with van der Waals surface area (Å²) < 4.78 is 21.4. The normalized spacial score (nSPS) is 6.32. The monoisotopic (exact) mass is 359 g/mol. The summed E-state index contributed by atoms with van der Waals surface area (Å²) in [5.74, 6) is -3.65. The van der Waals surface area contributed by atoms with E-state index in [-0.39, 0.29) is 31.0 Å². The molecule has 0 saturated carbocycles. The van der Waals surface area contributed by atoms with Crippen LogP contribution in [0.15, 0.2) is 0 Å². The molecule has 0 atom stereocenters. The van der Waals surface area contributed by atoms with E-state index in [1.54, 1.807) is 0 Å². The largest absolute Gasteiger partial charge is 1.00 e. The van der Waals surface area contributed by atoms with Crippen molar-refractivity contribution in [2.75, 3.05) is 0 Å². The van der Waals surface area contributed by atoms with E-state index >= 15 is 0 Å². The maximum Gasteiger partial charge on any atom is 1.00 e. The second-order valence-corrected chi connectivity index (χ2v) is 2.60. The number of carbonyl (C=O) groups is 2. The molecule has 0 bridgehead atoms. The fraction of sp³-hybridized carbons (Fsp3) is 0. The van der Waals surface area contributed by atoms with Crippen LogP contribution in [0.3, 0.4) is 0 Å². The van der Waals surface area contributed by atoms with E-state index in [0.717, 1.165) is 18.2 Å². The Morgan fingerprint density at radius 2 is 1.05 bits per heavy atom. The predicted molar refractivity (Wildman–Crippen MR) is 55.9 cm³/mol. The van der Waals surface area contributed by atoms with Gasteiger partial charge in [-0.2, -0.15) is 0 Å². The first-order valence-corrected chi connectivity index (χ1v) is 4.92. The number of hydrogen-bond donors (Lipinski definition) is 7. The van der Waals surface area contributed by atoms with Crippen LogP contribution in [0.1, 0.15) is 1.43 Å². The van der Waals surface area contributed by atoms with Gasteiger partial charge in [0.2, 0.25) is 18.2 Å². The van der Waals surface area contributed by atoms with Gasteiger partial charge in [0.25, 0.3) is 0 Å². The zero-order valence-electron chi connectivity index (χ0n) is 11.5. The van der Waals surface area contributed by atoms with Crippen molar-refractivity contribution in [3.8, 4) is 0 Å². The molecule has 22 heavy (non-hydrogen) atoms. The number of carboxylic acid groups (broad SMARTS) is 2. The van der Waals surface area contributed by atoms with E-state index in [1.807, 2.05) is 0 Å². The molecule has 0 rings (SSSR count). The minimum atomic E-state index is -4.81. The number of halogens is 1. The fourth-order valence-electron chi connectivity index (χ4n) is 0. The van der Waals surface area contributed by atoms with Crippen molar-refractivity contribution < 1.29 is 88.8 Å². The molecule has 0 aromatic rings. The topological polar surface area (TPSA) is 264 Å². The van der Waals surface area contributed by atoms with Crippen molar-refractivity contribution in [1.29, 1.82) is 16.2 Å². The number of aliphatic carboxylic acids is 2. The SMILES string of the molecule is N=C=O.N=C=O.N=C=O.O=C(O)C(=O)O.O=P(O)(O)OF.[H-].[Na+]. The molecule has 0 radical (unpaired) electrons. The van der Waals surface area contributed by atoms with Crippen LogP contribution >= 0.6 is 7.82 Å². The Balaban J connectivity index is -0.0000000284. The molecular weight excluding hydrogens is 351 g/mol. The Morgan fingerprint density at radius 1 is 0.955 bits per heavy atom. The van der Waals surface area contributed by atoms with Crippen molar-refractivity contribution in [1.82, 2.24) is 0 Å². The van der Waals surface area contributed by atoms with Gasteiger partial charge in [-0.15, -0.1) is 0 Å². The molecule has 0 amide bonds. The molecule has 0 aliphatic carbocycles. The molecule has 14 nitrogen and oxygen atoms in total. The molecular formula is C5H8FN3NaO11P. The standard InChI is InChI=1S/C2H2O4.3CHNO.FH2O4P.Na.H/c3-1(4)2(5)6;3*2-1-3;1-5-6(2,3)4;;/h(H,3,4)(H,5,6);3*2H;(H2,2,3,4);;/q;;;;;+1;-1. The first kappa shape index (κ1) is 36.9. The molecule has 0 aromatic heterocycles. The van der Waals surface area contributed by atoms with Gasteiger partial charge in [-0.05, 0) is 4.53 Å². The van der Waals surface area contributed by atoms with E-state index in [4.69, 9.17) is 64.8 Å². The molecule has 0 unspecified atom stereocenters. The third-order valence-corrected chi connectivity index (χ3v) is 0.453. The van der Waals surface area contributed by atoms with Gasteiger partial charge < -0.3 is 21.4 Å². The molecule has 17 heteroatoms. The quantitative estimate of drug-likeness (QED) is 0.0778. The summed E-state index contributed by atoms with van der Waals surface area (Å²) >= 11 is 0. The van der Waals surface area contributed by atoms with Gasteiger partial charge in [-0.1, -0.05) is 4.73 Å². The van der Waals surface area contributed by atoms with E-state index in [9.17, 15) is 4.53 Å². The van der Waals surface area contributed by atoms with Gasteiger partial charge in [0, 0.05) is 0 Å². The van der Waals surface area contributed by atoms with Gasteiger partial charge >= 0.3 is 49.3 Å². The second-order valence-electron chi connectivity index (χ2n) is 1.48. The van der Waals surface area contributed by atoms with Gasteiger partial charge in [0.05, 0.1) is 0 Å². The Kier molecular flexibility index (Phi) is 52.8. The molecule has 0 aromatic carbocycles. The maximum atomic E-state index is 10.2. The van der Waals surface area contributed by atoms with Crippen LogP contribution in [0.2, 0.25) is 0 Å². The summed E-state index contributed by atoms with van der Waals surface area (Å²) in [6.07, 6.45) is 2.25. The van der Waals surface area contributed by atoms with E-state index in [1.165, 1.54) is 0 Å². The summed E-state index contributed by atoms with van der Waals surface area (Å²) in [6, 6.07) is 0. The Labute approximate surface area is 143 Å². The van der Waals surface area contributed by atoms with Gasteiger partial charge in [-0.3, -0.25) is 0 Å². The molecule has 0 aliphatic heterocycles. The molecule has 0 heterocycles. The zero-order valence-corrected chi connectivity index (χ0v) is 13.4. The number of rotatable bonds is 1. The van der Waals surface area contributed by atoms with Gasteiger partial charge in [0.15, 0.2) is 0 Å². The van der Waals surface area contributed by atoms with Crippen molar-refractivity contribution in [3.05, 3.63) is 0 Å². The number of carbonyl (C=O) groups excluding carboxylic acids is 3. The van der Waals surface area contributed by atoms with Gasteiger partial charge in [-0.25, -0.2) is 44.8 Å². The molecule has 122 valence electrons. The first-order valence-electron chi connectivity index (χ1n) is 3.39. The van der Waals surface area contributed by atoms with Crippen LogP contribution in [0.25, 0.3) is 0 Å². The summed E-state index contributed by atoms with van der Waals surface area (Å²) in [5.41, 5.74) is 0. The van der Waals surface area contributed by atoms with E-state index < -0.39 is 19.8 Å². The minimum Gasteiger partial charge on any atom is -1.00 e. The molecule has 0 aliphatic rings. The molecule has 0 fully saturated rings. The second kappa shape index (κ2) is 31.5. The van der Waals surface area contributed by atoms with Crippen molar-refractivity contribution >= 4 is 38.0 Å². The van der Waals surface area contributed by atoms with Gasteiger partial charge in [0.1, 0.15) is 0 Å². The number of phosphoric acid groups is 1. The van der Waals surface area contributed by atoms with Crippen molar-refractivity contribution in [3.63, 3.8) is 0 Å². The smallest absolute Gasteiger partial charge is 1.00 e. The number of carboxylic acids is 2. The van der Waals surface area contributed by atoms with Crippen molar-refractivity contribution in [2.45, 2.75) is 0 Å². The Bertz CT molecular complexity index is 398. The number of nitrogens with one attached hydrogen (secondary N) is 3. The van der Waals surface area contributed by atoms with Crippen LogP contribution in [0, 0.1) is 16.2 Å². The van der Waals surface area contributed by atoms with Crippen molar-refractivity contribution in [2.24, 2.45) is 0 Å². The van der Waals surface area contributed by atoms with E-state index in [0.29, 0.717) is 0 Å². The Morgan fingerprint density at radius 3 is 1.05 bits per heavy atom. The molecule has 0 saturated heterocycles. The fourth-order valence-corrected chi connectivity index (χ4v) is 0. The maximum absolute atomic E-state index is 10.2. The average molecular weight is 359 g/mol. The number of isocyanates is 3. The Hall–Kier alpha value is -1.88. The number of hydrogen-bond acceptors (Lipinski definition) is 10. The van der Waals surface area contributed by atoms with Crippen LogP contribution in [-0.2, 0) is 33.3 Å². The third kappa shape index (κ3) is 203. The summed E-state index contributed by atoms with van der Waals surface area (Å²) in [5, 5.41) is 31.0. The molecule has 7 N–H and O–H groups in total. The zero-order chi connectivity index (χ0) is 18.5. The summed E-state index contributed by atoms with van der Waals surface area (Å²) in [4.78, 5) is 57.9. The van der Waals surface area contributed by atoms with Crippen LogP contribution in [0.5, 0.6) is 0 Å². The van der Waals surface area contributed by atoms with Crippen LogP contribution in [-0.4, -0.2) is 50.2 Å². The van der Waals surface area contributed by atoms with Crippen LogP contribution in [0.4, 0.5) is 4.53 Å². The first-order chi connectivity index (χ1) is 9.45. The minimum absolute atomic E-state index is 0. The molecule has 0 spiro atoms. The van der Waals surface area contributed by atoms with Crippen LogP contribution < -0.4 is 29.6 Å². The summed E-state index contributed by atoms with van der Waals surface area (Å²) in [6.45, 7) is 0. The van der Waals surface area contributed by atoms with E-state index in [2.05, 4.69) is 4.73 Å². The summed E-state index contributed by atoms with van der Waals surface area (Å²) in [7, 11) is -4.81. The third-order valence-electron chi connectivity index (χ3n) is 0.273. The predicted octanol–water partition coefficient (Wildman–Crippen LogP) is -4.04. The average Bonchev–Trinajstić information content (AvgIpc) is 2.31.